The number of carbonyl (C=O) groups is 1. The van der Waals surface area contributed by atoms with Gasteiger partial charge in [-0.2, -0.15) is 0 Å². The van der Waals surface area contributed by atoms with Crippen molar-refractivity contribution in [3.8, 4) is 0 Å². The molecule has 0 spiro atoms. The van der Waals surface area contributed by atoms with E-state index in [2.05, 4.69) is 0 Å². The summed E-state index contributed by atoms with van der Waals surface area (Å²) in [7, 11) is 0. The van der Waals surface area contributed by atoms with Crippen LogP contribution in [0.3, 0.4) is 0 Å². The van der Waals surface area contributed by atoms with Crippen LogP contribution in [0.1, 0.15) is 10.4 Å². The predicted octanol–water partition coefficient (Wildman–Crippen LogP) is 1.76. The highest BCUT2D eigenvalue weighted by Gasteiger charge is 2.13. The summed E-state index contributed by atoms with van der Waals surface area (Å²) in [6.45, 7) is -0.287. The largest absolute Gasteiger partial charge is 0.324 e. The molecule has 0 radical (unpaired) electrons. The molecule has 0 unspecified atom stereocenters. The first-order valence-corrected chi connectivity index (χ1v) is 3.82. The van der Waals surface area contributed by atoms with Crippen molar-refractivity contribution in [2.45, 2.75) is 0 Å². The summed E-state index contributed by atoms with van der Waals surface area (Å²) in [5.41, 5.74) is 4.94. The van der Waals surface area contributed by atoms with Crippen molar-refractivity contribution in [1.29, 1.82) is 0 Å². The normalized spacial score (nSPS) is 10.2. The Morgan fingerprint density at radius 2 is 1.92 bits per heavy atom. The molecule has 2 nitrogen and oxygen atoms in total. The third kappa shape index (κ3) is 2.02. The molecule has 13 heavy (non-hydrogen) atoms. The maximum absolute atomic E-state index is 12.6. The quantitative estimate of drug-likeness (QED) is 0.591. The van der Waals surface area contributed by atoms with E-state index in [-0.39, 0.29) is 17.1 Å². The molecule has 0 heterocycles. The van der Waals surface area contributed by atoms with E-state index >= 15 is 0 Å². The number of nitrogens with two attached hydrogens (primary N) is 1. The van der Waals surface area contributed by atoms with Crippen molar-refractivity contribution in [2.75, 3.05) is 6.54 Å². The number of carbonyl (C=O) groups excluding carboxylic acids is 1. The van der Waals surface area contributed by atoms with Crippen LogP contribution in [0, 0.1) is 11.6 Å². The number of ketones is 1. The van der Waals surface area contributed by atoms with Crippen molar-refractivity contribution in [3.63, 3.8) is 0 Å². The Labute approximate surface area is 78.3 Å². The van der Waals surface area contributed by atoms with Gasteiger partial charge in [0.15, 0.2) is 17.4 Å². The summed E-state index contributed by atoms with van der Waals surface area (Å²) in [5, 5.41) is -0.130. The number of Topliss-reactive ketones (excluding diaryl/α,β-unsaturated/α-hetero) is 1. The lowest BCUT2D eigenvalue weighted by atomic mass is 10.1. The monoisotopic (exact) mass is 205 g/mol. The smallest absolute Gasteiger partial charge is 0.177 e. The van der Waals surface area contributed by atoms with Gasteiger partial charge in [-0.25, -0.2) is 8.78 Å². The Morgan fingerprint density at radius 1 is 1.38 bits per heavy atom. The van der Waals surface area contributed by atoms with E-state index in [1.165, 1.54) is 0 Å². The molecule has 0 saturated carbocycles. The molecule has 0 amide bonds. The zero-order chi connectivity index (χ0) is 10.0. The Bertz CT molecular complexity index is 354. The van der Waals surface area contributed by atoms with Crippen LogP contribution >= 0.6 is 11.6 Å². The van der Waals surface area contributed by atoms with Crippen LogP contribution in [-0.4, -0.2) is 12.3 Å². The number of benzene rings is 1. The number of hydrogen-bond donors (Lipinski definition) is 1. The summed E-state index contributed by atoms with van der Waals surface area (Å²) in [5.74, 6) is -2.72. The minimum absolute atomic E-state index is 0.0944. The van der Waals surface area contributed by atoms with Gasteiger partial charge in [0.2, 0.25) is 0 Å². The molecule has 1 rings (SSSR count). The topological polar surface area (TPSA) is 43.1 Å². The Balaban J connectivity index is 3.23. The fraction of sp³-hybridized carbons (Fsp3) is 0.125. The van der Waals surface area contributed by atoms with Gasteiger partial charge in [0.05, 0.1) is 11.6 Å². The van der Waals surface area contributed by atoms with Crippen molar-refractivity contribution in [1.82, 2.24) is 0 Å². The minimum atomic E-state index is -1.11. The van der Waals surface area contributed by atoms with E-state index in [9.17, 15) is 13.6 Å². The first-order valence-electron chi connectivity index (χ1n) is 3.44. The summed E-state index contributed by atoms with van der Waals surface area (Å²) in [6, 6.07) is 1.49. The summed E-state index contributed by atoms with van der Waals surface area (Å²) < 4.78 is 25.2. The van der Waals surface area contributed by atoms with E-state index in [4.69, 9.17) is 17.3 Å². The van der Waals surface area contributed by atoms with Crippen molar-refractivity contribution < 1.29 is 13.6 Å². The lowest BCUT2D eigenvalue weighted by molar-refractivity contribution is 0.100. The van der Waals surface area contributed by atoms with Gasteiger partial charge in [0, 0.05) is 5.56 Å². The third-order valence-electron chi connectivity index (χ3n) is 1.50. The molecule has 2 N–H and O–H groups in total. The Hall–Kier alpha value is -1.00. The lowest BCUT2D eigenvalue weighted by Crippen LogP contribution is -2.14. The fourth-order valence-electron chi connectivity index (χ4n) is 0.846. The maximum Gasteiger partial charge on any atom is 0.177 e. The number of hydrogen-bond acceptors (Lipinski definition) is 2. The van der Waals surface area contributed by atoms with Gasteiger partial charge >= 0.3 is 0 Å². The van der Waals surface area contributed by atoms with E-state index in [0.717, 1.165) is 12.1 Å². The van der Waals surface area contributed by atoms with Crippen LogP contribution in [0.25, 0.3) is 0 Å². The van der Waals surface area contributed by atoms with Crippen LogP contribution in [0.5, 0.6) is 0 Å². The minimum Gasteiger partial charge on any atom is -0.324 e. The molecule has 0 fully saturated rings. The Morgan fingerprint density at radius 3 is 2.46 bits per heavy atom. The van der Waals surface area contributed by atoms with Gasteiger partial charge in [0.25, 0.3) is 0 Å². The van der Waals surface area contributed by atoms with Gasteiger partial charge in [-0.1, -0.05) is 11.6 Å². The highest BCUT2D eigenvalue weighted by Crippen LogP contribution is 2.19. The average molecular weight is 206 g/mol. The summed E-state index contributed by atoms with van der Waals surface area (Å²) in [4.78, 5) is 11.0. The predicted molar refractivity (Wildman–Crippen MR) is 44.8 cm³/mol. The van der Waals surface area contributed by atoms with Gasteiger partial charge < -0.3 is 5.73 Å². The van der Waals surface area contributed by atoms with Gasteiger partial charge in [-0.05, 0) is 12.1 Å². The standard InChI is InChI=1S/C8H6ClF2NO/c9-5-2-7(11)6(10)1-4(5)8(13)3-12/h1-2H,3,12H2. The molecule has 70 valence electrons. The van der Waals surface area contributed by atoms with E-state index < -0.39 is 17.4 Å². The van der Waals surface area contributed by atoms with Crippen LogP contribution in [0.2, 0.25) is 5.02 Å². The second-order valence-electron chi connectivity index (χ2n) is 2.37. The number of halogens is 3. The molecule has 0 atom stereocenters. The molecule has 0 aromatic heterocycles. The van der Waals surface area contributed by atoms with Gasteiger partial charge in [0.1, 0.15) is 0 Å². The second kappa shape index (κ2) is 3.81. The van der Waals surface area contributed by atoms with Crippen molar-refractivity contribution in [3.05, 3.63) is 34.4 Å². The summed E-state index contributed by atoms with van der Waals surface area (Å²) in [6.07, 6.45) is 0. The van der Waals surface area contributed by atoms with Gasteiger partial charge in [-0.3, -0.25) is 4.79 Å². The van der Waals surface area contributed by atoms with Crippen molar-refractivity contribution >= 4 is 17.4 Å². The second-order valence-corrected chi connectivity index (χ2v) is 2.78. The average Bonchev–Trinajstić information content (AvgIpc) is 2.10. The zero-order valence-electron chi connectivity index (χ0n) is 6.48. The maximum atomic E-state index is 12.6. The summed E-state index contributed by atoms with van der Waals surface area (Å²) >= 11 is 5.49. The molecule has 0 saturated heterocycles. The molecule has 5 heteroatoms. The Kier molecular flexibility index (Phi) is 2.95. The highest BCUT2D eigenvalue weighted by atomic mass is 35.5. The van der Waals surface area contributed by atoms with E-state index in [0.29, 0.717) is 0 Å². The number of rotatable bonds is 2. The molecule has 0 aliphatic rings. The van der Waals surface area contributed by atoms with Crippen LogP contribution in [0.15, 0.2) is 12.1 Å². The zero-order valence-corrected chi connectivity index (χ0v) is 7.24. The lowest BCUT2D eigenvalue weighted by Gasteiger charge is -2.01. The van der Waals surface area contributed by atoms with Crippen LogP contribution in [0.4, 0.5) is 8.78 Å². The van der Waals surface area contributed by atoms with Crippen LogP contribution in [-0.2, 0) is 0 Å². The molecule has 1 aromatic rings. The van der Waals surface area contributed by atoms with Crippen LogP contribution < -0.4 is 5.73 Å². The molecule has 0 aliphatic carbocycles. The van der Waals surface area contributed by atoms with E-state index in [1.807, 2.05) is 0 Å². The van der Waals surface area contributed by atoms with Gasteiger partial charge in [-0.15, -0.1) is 0 Å². The SMILES string of the molecule is NCC(=O)c1cc(F)c(F)cc1Cl. The first-order chi connectivity index (χ1) is 6.06. The highest BCUT2D eigenvalue weighted by molar-refractivity contribution is 6.34. The first kappa shape index (κ1) is 10.1. The molecule has 0 aliphatic heterocycles. The fourth-order valence-corrected chi connectivity index (χ4v) is 1.10. The molecular formula is C8H6ClF2NO. The third-order valence-corrected chi connectivity index (χ3v) is 1.81. The van der Waals surface area contributed by atoms with E-state index in [1.54, 1.807) is 0 Å². The molecule has 1 aromatic carbocycles. The van der Waals surface area contributed by atoms with Crippen molar-refractivity contribution in [2.24, 2.45) is 5.73 Å². The molecular weight excluding hydrogens is 200 g/mol. The molecule has 0 bridgehead atoms.